The van der Waals surface area contributed by atoms with Crippen LogP contribution in [-0.2, 0) is 13.2 Å². The van der Waals surface area contributed by atoms with Crippen LogP contribution in [0.4, 0.5) is 0 Å². The van der Waals surface area contributed by atoms with E-state index in [2.05, 4.69) is 36.4 Å². The molecule has 0 aliphatic heterocycles. The molecule has 0 saturated carbocycles. The van der Waals surface area contributed by atoms with Crippen LogP contribution in [0.15, 0.2) is 60.8 Å². The van der Waals surface area contributed by atoms with Gasteiger partial charge < -0.3 is 10.1 Å². The minimum Gasteiger partial charge on any atom is -0.489 e. The summed E-state index contributed by atoms with van der Waals surface area (Å²) < 4.78 is 7.73. The number of ether oxygens (including phenoxy) is 1. The van der Waals surface area contributed by atoms with Crippen LogP contribution < -0.4 is 10.1 Å². The molecule has 0 spiro atoms. The van der Waals surface area contributed by atoms with E-state index >= 15 is 0 Å². The summed E-state index contributed by atoms with van der Waals surface area (Å²) >= 11 is 0. The first-order valence-electron chi connectivity index (χ1n) is 10.1. The van der Waals surface area contributed by atoms with Crippen molar-refractivity contribution in [1.82, 2.24) is 15.1 Å². The number of carbonyl (C=O) groups excluding carboxylic acids is 1. The number of hydrogen-bond acceptors (Lipinski definition) is 3. The highest BCUT2D eigenvalue weighted by atomic mass is 16.5. The minimum absolute atomic E-state index is 0.119. The lowest BCUT2D eigenvalue weighted by Crippen LogP contribution is -2.27. The molecule has 5 nitrogen and oxygen atoms in total. The van der Waals surface area contributed by atoms with Crippen molar-refractivity contribution in [1.29, 1.82) is 0 Å². The molecule has 5 heteroatoms. The topological polar surface area (TPSA) is 56.2 Å². The maximum Gasteiger partial charge on any atom is 0.251 e. The molecule has 1 amide bonds. The summed E-state index contributed by atoms with van der Waals surface area (Å²) in [6.07, 6.45) is 1.92. The van der Waals surface area contributed by atoms with Crippen LogP contribution in [0.3, 0.4) is 0 Å². The second-order valence-electron chi connectivity index (χ2n) is 7.50. The third kappa shape index (κ3) is 5.47. The van der Waals surface area contributed by atoms with Crippen LogP contribution >= 0.6 is 0 Å². The lowest BCUT2D eigenvalue weighted by molar-refractivity contribution is 0.0939. The van der Waals surface area contributed by atoms with Gasteiger partial charge in [0.15, 0.2) is 0 Å². The molecule has 0 radical (unpaired) electrons. The van der Waals surface area contributed by atoms with E-state index in [1.807, 2.05) is 67.2 Å². The monoisotopic (exact) mass is 391 g/mol. The van der Waals surface area contributed by atoms with E-state index in [9.17, 15) is 4.79 Å². The van der Waals surface area contributed by atoms with Gasteiger partial charge in [0.2, 0.25) is 0 Å². The van der Waals surface area contributed by atoms with Gasteiger partial charge in [-0.2, -0.15) is 5.10 Å². The van der Waals surface area contributed by atoms with Crippen LogP contribution in [0.5, 0.6) is 5.75 Å². The summed E-state index contributed by atoms with van der Waals surface area (Å²) in [5.74, 6) is 1.20. The summed E-state index contributed by atoms with van der Waals surface area (Å²) in [7, 11) is 0. The Kier molecular flexibility index (Phi) is 6.70. The Hall–Kier alpha value is -3.08. The van der Waals surface area contributed by atoms with Gasteiger partial charge in [-0.1, -0.05) is 38.1 Å². The molecule has 3 aromatic rings. The maximum absolute atomic E-state index is 12.6. The van der Waals surface area contributed by atoms with E-state index in [4.69, 9.17) is 4.74 Å². The van der Waals surface area contributed by atoms with Gasteiger partial charge in [-0.25, -0.2) is 0 Å². The largest absolute Gasteiger partial charge is 0.489 e. The van der Waals surface area contributed by atoms with Gasteiger partial charge in [0.25, 0.3) is 5.91 Å². The zero-order valence-electron chi connectivity index (χ0n) is 17.6. The van der Waals surface area contributed by atoms with Crippen molar-refractivity contribution in [2.75, 3.05) is 0 Å². The molecule has 152 valence electrons. The number of benzene rings is 2. The molecule has 0 aliphatic rings. The van der Waals surface area contributed by atoms with Gasteiger partial charge in [0, 0.05) is 18.3 Å². The first kappa shape index (κ1) is 20.6. The summed E-state index contributed by atoms with van der Waals surface area (Å²) in [6, 6.07) is 17.5. The maximum atomic E-state index is 12.6. The van der Waals surface area contributed by atoms with Crippen LogP contribution in [0, 0.1) is 0 Å². The molecule has 0 saturated heterocycles. The molecule has 0 bridgehead atoms. The molecule has 2 aromatic carbocycles. The molecule has 1 atom stereocenters. The molecule has 0 aliphatic carbocycles. The normalized spacial score (nSPS) is 12.0. The molecule has 3 rings (SSSR count). The van der Waals surface area contributed by atoms with E-state index in [-0.39, 0.29) is 11.9 Å². The van der Waals surface area contributed by atoms with E-state index in [1.165, 1.54) is 5.56 Å². The molecule has 0 fully saturated rings. The van der Waals surface area contributed by atoms with Crippen molar-refractivity contribution in [3.63, 3.8) is 0 Å². The second-order valence-corrected chi connectivity index (χ2v) is 7.50. The lowest BCUT2D eigenvalue weighted by Gasteiger charge is -2.13. The van der Waals surface area contributed by atoms with Crippen LogP contribution in [0.1, 0.15) is 66.8 Å². The zero-order valence-corrected chi connectivity index (χ0v) is 17.6. The summed E-state index contributed by atoms with van der Waals surface area (Å²) in [5.41, 5.74) is 3.70. The molecule has 29 heavy (non-hydrogen) atoms. The summed E-state index contributed by atoms with van der Waals surface area (Å²) in [6.45, 7) is 9.53. The van der Waals surface area contributed by atoms with E-state index in [0.29, 0.717) is 18.1 Å². The fourth-order valence-corrected chi connectivity index (χ4v) is 3.06. The predicted molar refractivity (Wildman–Crippen MR) is 115 cm³/mol. The quantitative estimate of drug-likeness (QED) is 0.581. The predicted octanol–water partition coefficient (Wildman–Crippen LogP) is 5.10. The van der Waals surface area contributed by atoms with E-state index in [0.717, 1.165) is 23.6 Å². The first-order valence-corrected chi connectivity index (χ1v) is 10.1. The van der Waals surface area contributed by atoms with Gasteiger partial charge in [0.1, 0.15) is 12.4 Å². The molecule has 1 aromatic heterocycles. The number of hydrogen-bond donors (Lipinski definition) is 1. The Morgan fingerprint density at radius 3 is 2.52 bits per heavy atom. The van der Waals surface area contributed by atoms with Gasteiger partial charge in [-0.15, -0.1) is 0 Å². The van der Waals surface area contributed by atoms with Gasteiger partial charge in [-0.05, 0) is 61.2 Å². The summed E-state index contributed by atoms with van der Waals surface area (Å²) in [5, 5.41) is 7.47. The van der Waals surface area contributed by atoms with Gasteiger partial charge in [0.05, 0.1) is 11.7 Å². The highest BCUT2D eigenvalue weighted by molar-refractivity contribution is 5.94. The number of nitrogens with zero attached hydrogens (tertiary/aromatic N) is 2. The number of rotatable bonds is 8. The van der Waals surface area contributed by atoms with E-state index < -0.39 is 0 Å². The fraction of sp³-hybridized carbons (Fsp3) is 0.333. The molecule has 1 heterocycles. The molecular formula is C24H29N3O2. The smallest absolute Gasteiger partial charge is 0.251 e. The fourth-order valence-electron chi connectivity index (χ4n) is 3.06. The zero-order chi connectivity index (χ0) is 20.8. The second kappa shape index (κ2) is 9.41. The van der Waals surface area contributed by atoms with Crippen LogP contribution in [0.25, 0.3) is 0 Å². The Morgan fingerprint density at radius 2 is 1.86 bits per heavy atom. The highest BCUT2D eigenvalue weighted by Crippen LogP contribution is 2.20. The Balaban J connectivity index is 1.60. The van der Waals surface area contributed by atoms with Crippen molar-refractivity contribution in [3.05, 3.63) is 83.2 Å². The number of carbonyl (C=O) groups is 1. The van der Waals surface area contributed by atoms with Crippen molar-refractivity contribution < 1.29 is 9.53 Å². The Labute approximate surface area is 172 Å². The highest BCUT2D eigenvalue weighted by Gasteiger charge is 2.14. The van der Waals surface area contributed by atoms with Crippen LogP contribution in [-0.4, -0.2) is 15.7 Å². The van der Waals surface area contributed by atoms with Crippen molar-refractivity contribution in [2.45, 2.75) is 52.8 Å². The third-order valence-electron chi connectivity index (χ3n) is 4.92. The average Bonchev–Trinajstić information content (AvgIpc) is 3.22. The Morgan fingerprint density at radius 1 is 1.10 bits per heavy atom. The number of amides is 1. The van der Waals surface area contributed by atoms with Crippen molar-refractivity contribution in [3.8, 4) is 5.75 Å². The molecular weight excluding hydrogens is 362 g/mol. The standard InChI is InChI=1S/C24H29N3O2/c1-5-27-14-13-23(26-27)18(4)25-24(28)21-8-6-7-19(15-21)16-29-22-11-9-20(10-12-22)17(2)3/h6-15,17-18H,5,16H2,1-4H3,(H,25,28). The van der Waals surface area contributed by atoms with Crippen molar-refractivity contribution in [2.24, 2.45) is 0 Å². The minimum atomic E-state index is -0.158. The number of aromatic nitrogens is 2. The van der Waals surface area contributed by atoms with Crippen molar-refractivity contribution >= 4 is 5.91 Å². The van der Waals surface area contributed by atoms with Gasteiger partial charge >= 0.3 is 0 Å². The lowest BCUT2D eigenvalue weighted by atomic mass is 10.0. The number of aryl methyl sites for hydroxylation is 1. The third-order valence-corrected chi connectivity index (χ3v) is 4.92. The molecule has 1 N–H and O–H groups in total. The van der Waals surface area contributed by atoms with E-state index in [1.54, 1.807) is 0 Å². The van der Waals surface area contributed by atoms with Crippen LogP contribution in [0.2, 0.25) is 0 Å². The average molecular weight is 392 g/mol. The first-order chi connectivity index (χ1) is 14.0. The van der Waals surface area contributed by atoms with Gasteiger partial charge in [-0.3, -0.25) is 9.48 Å². The SMILES string of the molecule is CCn1ccc(C(C)NC(=O)c2cccc(COc3ccc(C(C)C)cc3)c2)n1. The molecule has 1 unspecified atom stereocenters. The summed E-state index contributed by atoms with van der Waals surface area (Å²) in [4.78, 5) is 12.6. The Bertz CT molecular complexity index is 945. The number of nitrogens with one attached hydrogen (secondary N) is 1.